The molecule has 0 atom stereocenters. The summed E-state index contributed by atoms with van der Waals surface area (Å²) in [6.07, 6.45) is 0.484. The van der Waals surface area contributed by atoms with Gasteiger partial charge in [0.05, 0.1) is 25.3 Å². The lowest BCUT2D eigenvalue weighted by Gasteiger charge is -2.08. The van der Waals surface area contributed by atoms with Crippen LogP contribution in [0, 0.1) is 17.4 Å². The van der Waals surface area contributed by atoms with Gasteiger partial charge in [-0.1, -0.05) is 6.07 Å². The van der Waals surface area contributed by atoms with Gasteiger partial charge in [-0.3, -0.25) is 0 Å². The molecule has 0 amide bonds. The lowest BCUT2D eigenvalue weighted by atomic mass is 10.3. The van der Waals surface area contributed by atoms with Crippen molar-refractivity contribution >= 4 is 5.69 Å². The van der Waals surface area contributed by atoms with Gasteiger partial charge in [0.2, 0.25) is 0 Å². The lowest BCUT2D eigenvalue weighted by molar-refractivity contribution is 0.416. The second kappa shape index (κ2) is 5.04. The summed E-state index contributed by atoms with van der Waals surface area (Å²) in [5.41, 5.74) is 0.875. The molecule has 0 bridgehead atoms. The summed E-state index contributed by atoms with van der Waals surface area (Å²) in [5, 5.41) is 11.4. The van der Waals surface area contributed by atoms with Crippen LogP contribution < -0.4 is 10.1 Å². The Bertz CT molecular complexity index is 304. The quantitative estimate of drug-likeness (QED) is 0.710. The molecule has 0 spiro atoms. The van der Waals surface area contributed by atoms with Crippen LogP contribution in [0.4, 0.5) is 5.69 Å². The molecule has 3 heteroatoms. The number of hydrogen-bond acceptors (Lipinski definition) is 3. The van der Waals surface area contributed by atoms with Gasteiger partial charge in [0.1, 0.15) is 5.75 Å². The van der Waals surface area contributed by atoms with Crippen molar-refractivity contribution in [2.75, 3.05) is 19.0 Å². The number of nitrogens with zero attached hydrogens (tertiary/aromatic N) is 1. The Morgan fingerprint density at radius 3 is 3.23 bits per heavy atom. The van der Waals surface area contributed by atoms with Crippen molar-refractivity contribution in [3.05, 3.63) is 24.3 Å². The fraction of sp³-hybridized carbons (Fsp3) is 0.300. The highest BCUT2D eigenvalue weighted by atomic mass is 16.5. The Labute approximate surface area is 77.9 Å². The van der Waals surface area contributed by atoms with Crippen molar-refractivity contribution in [3.63, 3.8) is 0 Å². The van der Waals surface area contributed by atoms with Gasteiger partial charge in [0.25, 0.3) is 0 Å². The van der Waals surface area contributed by atoms with E-state index in [1.54, 1.807) is 19.2 Å². The highest BCUT2D eigenvalue weighted by molar-refractivity contribution is 5.55. The number of methoxy groups -OCH3 is 1. The minimum Gasteiger partial charge on any atom is -0.495 e. The molecule has 0 aliphatic heterocycles. The number of nitrogens with one attached hydrogen (secondary N) is 1. The van der Waals surface area contributed by atoms with Crippen molar-refractivity contribution in [2.24, 2.45) is 0 Å². The zero-order valence-electron chi connectivity index (χ0n) is 7.50. The number of anilines is 1. The fourth-order valence-electron chi connectivity index (χ4n) is 0.985. The highest BCUT2D eigenvalue weighted by Gasteiger charge is 1.98. The molecule has 0 fully saturated rings. The molecule has 1 aromatic carbocycles. The summed E-state index contributed by atoms with van der Waals surface area (Å²) in [7, 11) is 1.62. The van der Waals surface area contributed by atoms with Crippen LogP contribution in [-0.2, 0) is 0 Å². The molecule has 0 saturated heterocycles. The Hall–Kier alpha value is -1.69. The third-order valence-corrected chi connectivity index (χ3v) is 1.60. The summed E-state index contributed by atoms with van der Waals surface area (Å²) < 4.78 is 5.11. The van der Waals surface area contributed by atoms with Crippen LogP contribution in [-0.4, -0.2) is 13.7 Å². The zero-order valence-corrected chi connectivity index (χ0v) is 7.50. The van der Waals surface area contributed by atoms with Crippen LogP contribution in [0.25, 0.3) is 0 Å². The maximum absolute atomic E-state index is 8.34. The van der Waals surface area contributed by atoms with E-state index in [-0.39, 0.29) is 0 Å². The van der Waals surface area contributed by atoms with Gasteiger partial charge >= 0.3 is 0 Å². The number of nitriles is 1. The van der Waals surface area contributed by atoms with E-state index in [1.165, 1.54) is 0 Å². The second-order valence-electron chi connectivity index (χ2n) is 2.46. The predicted octanol–water partition coefficient (Wildman–Crippen LogP) is 1.82. The van der Waals surface area contributed by atoms with Crippen molar-refractivity contribution in [1.82, 2.24) is 0 Å². The van der Waals surface area contributed by atoms with Gasteiger partial charge in [0, 0.05) is 6.54 Å². The van der Waals surface area contributed by atoms with Crippen LogP contribution in [0.15, 0.2) is 18.2 Å². The van der Waals surface area contributed by atoms with E-state index < -0.39 is 0 Å². The standard InChI is InChI=1S/C10H11N2O/c1-13-10-6-3-2-5-9(10)12-8-4-7-11/h3,5-6,12H,4,8H2,1H3. The highest BCUT2D eigenvalue weighted by Crippen LogP contribution is 2.22. The third-order valence-electron chi connectivity index (χ3n) is 1.60. The molecule has 0 aliphatic carbocycles. The lowest BCUT2D eigenvalue weighted by Crippen LogP contribution is -2.01. The number of benzene rings is 1. The fourth-order valence-corrected chi connectivity index (χ4v) is 0.985. The van der Waals surface area contributed by atoms with E-state index in [0.717, 1.165) is 11.4 Å². The molecule has 1 rings (SSSR count). The molecule has 1 radical (unpaired) electrons. The topological polar surface area (TPSA) is 45.0 Å². The number of hydrogen-bond donors (Lipinski definition) is 1. The van der Waals surface area contributed by atoms with Crippen molar-refractivity contribution in [1.29, 1.82) is 5.26 Å². The monoisotopic (exact) mass is 175 g/mol. The van der Waals surface area contributed by atoms with Gasteiger partial charge in [-0.2, -0.15) is 5.26 Å². The molecule has 1 aromatic rings. The van der Waals surface area contributed by atoms with E-state index in [4.69, 9.17) is 10.00 Å². The molecular formula is C10H11N2O. The Morgan fingerprint density at radius 2 is 2.54 bits per heavy atom. The first kappa shape index (κ1) is 9.40. The Kier molecular flexibility index (Phi) is 3.65. The van der Waals surface area contributed by atoms with Crippen LogP contribution in [0.1, 0.15) is 6.42 Å². The summed E-state index contributed by atoms with van der Waals surface area (Å²) in [5.74, 6) is 0.775. The minimum atomic E-state index is 0.484. The molecule has 0 aliphatic rings. The maximum atomic E-state index is 8.34. The molecule has 3 nitrogen and oxygen atoms in total. The van der Waals surface area contributed by atoms with Crippen molar-refractivity contribution in [2.45, 2.75) is 6.42 Å². The van der Waals surface area contributed by atoms with Crippen molar-refractivity contribution in [3.8, 4) is 11.8 Å². The largest absolute Gasteiger partial charge is 0.495 e. The molecular weight excluding hydrogens is 164 g/mol. The van der Waals surface area contributed by atoms with E-state index in [2.05, 4.69) is 17.5 Å². The Balaban J connectivity index is 2.60. The smallest absolute Gasteiger partial charge is 0.141 e. The first-order chi connectivity index (χ1) is 6.38. The predicted molar refractivity (Wildman–Crippen MR) is 50.5 cm³/mol. The van der Waals surface area contributed by atoms with E-state index >= 15 is 0 Å². The van der Waals surface area contributed by atoms with Crippen LogP contribution in [0.3, 0.4) is 0 Å². The molecule has 67 valence electrons. The van der Waals surface area contributed by atoms with Crippen LogP contribution in [0.2, 0.25) is 0 Å². The zero-order chi connectivity index (χ0) is 9.52. The summed E-state index contributed by atoms with van der Waals surface area (Å²) >= 11 is 0. The second-order valence-corrected chi connectivity index (χ2v) is 2.46. The summed E-state index contributed by atoms with van der Waals surface area (Å²) in [6.45, 7) is 0.630. The Morgan fingerprint density at radius 1 is 1.69 bits per heavy atom. The third kappa shape index (κ3) is 2.68. The van der Waals surface area contributed by atoms with Gasteiger partial charge < -0.3 is 10.1 Å². The first-order valence-electron chi connectivity index (χ1n) is 4.03. The van der Waals surface area contributed by atoms with Gasteiger partial charge in [-0.05, 0) is 18.2 Å². The molecule has 0 heterocycles. The summed E-state index contributed by atoms with van der Waals surface area (Å²) in [6, 6.07) is 10.4. The van der Waals surface area contributed by atoms with Gasteiger partial charge in [-0.15, -0.1) is 0 Å². The molecule has 1 N–H and O–H groups in total. The normalized spacial score (nSPS) is 8.92. The van der Waals surface area contributed by atoms with Crippen LogP contribution >= 0.6 is 0 Å². The van der Waals surface area contributed by atoms with Gasteiger partial charge in [-0.25, -0.2) is 0 Å². The van der Waals surface area contributed by atoms with E-state index in [9.17, 15) is 0 Å². The van der Waals surface area contributed by atoms with E-state index in [0.29, 0.717) is 13.0 Å². The number of ether oxygens (including phenoxy) is 1. The first-order valence-corrected chi connectivity index (χ1v) is 4.03. The maximum Gasteiger partial charge on any atom is 0.141 e. The van der Waals surface area contributed by atoms with Crippen molar-refractivity contribution < 1.29 is 4.74 Å². The molecule has 0 aromatic heterocycles. The van der Waals surface area contributed by atoms with Gasteiger partial charge in [0.15, 0.2) is 0 Å². The number of rotatable bonds is 4. The van der Waals surface area contributed by atoms with Crippen LogP contribution in [0.5, 0.6) is 5.75 Å². The average Bonchev–Trinajstić information content (AvgIpc) is 2.19. The SMILES string of the molecule is COc1cc[c]cc1NCCC#N. The molecule has 0 saturated carbocycles. The molecule has 13 heavy (non-hydrogen) atoms. The summed E-state index contributed by atoms with van der Waals surface area (Å²) in [4.78, 5) is 0. The minimum absolute atomic E-state index is 0.484. The molecule has 0 unspecified atom stereocenters. The average molecular weight is 175 g/mol. The van der Waals surface area contributed by atoms with E-state index in [1.807, 2.05) is 6.07 Å².